The highest BCUT2D eigenvalue weighted by molar-refractivity contribution is 5.95. The van der Waals surface area contributed by atoms with Crippen molar-refractivity contribution in [1.82, 2.24) is 10.3 Å². The summed E-state index contributed by atoms with van der Waals surface area (Å²) in [6, 6.07) is 12.1. The van der Waals surface area contributed by atoms with Gasteiger partial charge in [0, 0.05) is 43.8 Å². The number of carbonyl (C=O) groups is 1. The lowest BCUT2D eigenvalue weighted by Gasteiger charge is -2.30. The van der Waals surface area contributed by atoms with Gasteiger partial charge in [-0.05, 0) is 55.9 Å². The number of rotatable bonds is 6. The Balaban J connectivity index is 1.33. The zero-order valence-corrected chi connectivity index (χ0v) is 19.6. The van der Waals surface area contributed by atoms with Crippen LogP contribution >= 0.6 is 0 Å². The van der Waals surface area contributed by atoms with Gasteiger partial charge in [0.2, 0.25) is 0 Å². The molecule has 0 spiro atoms. The van der Waals surface area contributed by atoms with Crippen LogP contribution in [0.15, 0.2) is 48.5 Å². The summed E-state index contributed by atoms with van der Waals surface area (Å²) < 4.78 is 52.7. The maximum Gasteiger partial charge on any atom is 0.416 e. The van der Waals surface area contributed by atoms with Crippen molar-refractivity contribution in [3.63, 3.8) is 0 Å². The van der Waals surface area contributed by atoms with Crippen molar-refractivity contribution < 1.29 is 22.4 Å². The number of fused-ring (bicyclic) bond motifs is 1. The molecule has 1 aliphatic carbocycles. The van der Waals surface area contributed by atoms with E-state index >= 15 is 0 Å². The molecule has 2 N–H and O–H groups in total. The largest absolute Gasteiger partial charge is 0.416 e. The predicted molar refractivity (Wildman–Crippen MR) is 129 cm³/mol. The molecule has 1 saturated carbocycles. The molecule has 0 unspecified atom stereocenters. The molecular formula is C26H28F4N4O. The molecule has 1 aromatic heterocycles. The molecule has 2 aromatic carbocycles. The lowest BCUT2D eigenvalue weighted by molar-refractivity contribution is -0.137. The standard InChI is InChI=1S/C26H28F4N4O/c1-34(2)23-14-24(33-22-6-4-3-5-19(22)23)32-18-10-7-16(8-11-18)15-31-25(35)20-13-17(26(28,29)30)9-12-21(20)27/h3-6,9,12-14,16,18H,7-8,10-11,15H2,1-2H3,(H,31,35)(H,32,33)/t16-,18+. The van der Waals surface area contributed by atoms with Crippen molar-refractivity contribution in [2.45, 2.75) is 37.9 Å². The summed E-state index contributed by atoms with van der Waals surface area (Å²) in [5.74, 6) is -0.814. The summed E-state index contributed by atoms with van der Waals surface area (Å²) in [6.45, 7) is 0.292. The molecule has 0 saturated heterocycles. The molecule has 186 valence electrons. The molecular weight excluding hydrogens is 460 g/mol. The number of benzene rings is 2. The third-order valence-corrected chi connectivity index (χ3v) is 6.46. The lowest BCUT2D eigenvalue weighted by atomic mass is 9.86. The molecule has 9 heteroatoms. The zero-order chi connectivity index (χ0) is 25.2. The van der Waals surface area contributed by atoms with E-state index in [1.165, 1.54) is 0 Å². The number of amides is 1. The van der Waals surface area contributed by atoms with Crippen LogP contribution < -0.4 is 15.5 Å². The second-order valence-corrected chi connectivity index (χ2v) is 9.20. The van der Waals surface area contributed by atoms with Crippen LogP contribution in [0.2, 0.25) is 0 Å². The lowest BCUT2D eigenvalue weighted by Crippen LogP contribution is -2.34. The number of nitrogens with zero attached hydrogens (tertiary/aromatic N) is 2. The summed E-state index contributed by atoms with van der Waals surface area (Å²) in [6.07, 6.45) is -1.25. The second-order valence-electron chi connectivity index (χ2n) is 9.20. The van der Waals surface area contributed by atoms with E-state index in [4.69, 9.17) is 4.98 Å². The monoisotopic (exact) mass is 488 g/mol. The van der Waals surface area contributed by atoms with Crippen LogP contribution in [-0.2, 0) is 6.18 Å². The number of halogens is 4. The van der Waals surface area contributed by atoms with Crippen molar-refractivity contribution >= 4 is 28.3 Å². The number of alkyl halides is 3. The topological polar surface area (TPSA) is 57.3 Å². The van der Waals surface area contributed by atoms with Crippen molar-refractivity contribution in [1.29, 1.82) is 0 Å². The zero-order valence-electron chi connectivity index (χ0n) is 19.6. The van der Waals surface area contributed by atoms with E-state index in [0.29, 0.717) is 24.7 Å². The number of anilines is 2. The summed E-state index contributed by atoms with van der Waals surface area (Å²) in [5.41, 5.74) is 0.361. The van der Waals surface area contributed by atoms with Crippen molar-refractivity contribution in [2.24, 2.45) is 5.92 Å². The molecule has 0 aliphatic heterocycles. The summed E-state index contributed by atoms with van der Waals surface area (Å²) in [4.78, 5) is 19.1. The van der Waals surface area contributed by atoms with Gasteiger partial charge >= 0.3 is 6.18 Å². The summed E-state index contributed by atoms with van der Waals surface area (Å²) in [7, 11) is 3.99. The number of hydrogen-bond donors (Lipinski definition) is 2. The Bertz CT molecular complexity index is 1200. The third kappa shape index (κ3) is 5.83. The van der Waals surface area contributed by atoms with Crippen LogP contribution in [-0.4, -0.2) is 37.6 Å². The Morgan fingerprint density at radius 2 is 1.77 bits per heavy atom. The number of hydrogen-bond acceptors (Lipinski definition) is 4. The summed E-state index contributed by atoms with van der Waals surface area (Å²) in [5, 5.41) is 7.22. The number of para-hydroxylation sites is 1. The Morgan fingerprint density at radius 3 is 2.46 bits per heavy atom. The highest BCUT2D eigenvalue weighted by atomic mass is 19.4. The minimum absolute atomic E-state index is 0.174. The van der Waals surface area contributed by atoms with Crippen LogP contribution in [0, 0.1) is 11.7 Å². The number of carbonyl (C=O) groups excluding carboxylic acids is 1. The van der Waals surface area contributed by atoms with Crippen molar-refractivity contribution in [3.05, 3.63) is 65.5 Å². The van der Waals surface area contributed by atoms with Gasteiger partial charge in [0.1, 0.15) is 11.6 Å². The molecule has 3 aromatic rings. The Hall–Kier alpha value is -3.36. The van der Waals surface area contributed by atoms with Crippen LogP contribution in [0.3, 0.4) is 0 Å². The second kappa shape index (κ2) is 10.1. The maximum absolute atomic E-state index is 14.0. The van der Waals surface area contributed by atoms with Gasteiger partial charge < -0.3 is 15.5 Å². The molecule has 1 fully saturated rings. The highest BCUT2D eigenvalue weighted by Crippen LogP contribution is 2.32. The van der Waals surface area contributed by atoms with Crippen LogP contribution in [0.5, 0.6) is 0 Å². The fourth-order valence-electron chi connectivity index (χ4n) is 4.53. The predicted octanol–water partition coefficient (Wildman–Crippen LogP) is 5.86. The van der Waals surface area contributed by atoms with Gasteiger partial charge in [-0.15, -0.1) is 0 Å². The number of nitrogens with one attached hydrogen (secondary N) is 2. The van der Waals surface area contributed by atoms with Crippen molar-refractivity contribution in [3.8, 4) is 0 Å². The maximum atomic E-state index is 14.0. The minimum Gasteiger partial charge on any atom is -0.377 e. The van der Waals surface area contributed by atoms with E-state index in [9.17, 15) is 22.4 Å². The molecule has 0 bridgehead atoms. The first-order valence-corrected chi connectivity index (χ1v) is 11.6. The van der Waals surface area contributed by atoms with E-state index < -0.39 is 29.0 Å². The normalized spacial score (nSPS) is 18.3. The Labute approximate surface area is 201 Å². The molecule has 35 heavy (non-hydrogen) atoms. The highest BCUT2D eigenvalue weighted by Gasteiger charge is 2.32. The summed E-state index contributed by atoms with van der Waals surface area (Å²) >= 11 is 0. The van der Waals surface area contributed by atoms with E-state index in [1.54, 1.807) is 0 Å². The molecule has 5 nitrogen and oxygen atoms in total. The quantitative estimate of drug-likeness (QED) is 0.427. The molecule has 1 amide bonds. The number of aromatic nitrogens is 1. The SMILES string of the molecule is CN(C)c1cc(N[C@H]2CC[C@@H](CNC(=O)c3cc(C(F)(F)F)ccc3F)CC2)nc2ccccc12. The fraction of sp³-hybridized carbons (Fsp3) is 0.385. The Morgan fingerprint density at radius 1 is 1.06 bits per heavy atom. The van der Waals surface area contributed by atoms with E-state index in [2.05, 4.69) is 15.5 Å². The average Bonchev–Trinajstić information content (AvgIpc) is 2.82. The molecule has 1 aliphatic rings. The number of pyridine rings is 1. The molecule has 4 rings (SSSR count). The molecule has 1 heterocycles. The van der Waals surface area contributed by atoms with Crippen LogP contribution in [0.1, 0.15) is 41.6 Å². The van der Waals surface area contributed by atoms with Gasteiger partial charge in [0.25, 0.3) is 5.91 Å². The first-order valence-electron chi connectivity index (χ1n) is 11.6. The average molecular weight is 489 g/mol. The van der Waals surface area contributed by atoms with E-state index in [1.807, 2.05) is 44.4 Å². The van der Waals surface area contributed by atoms with Crippen LogP contribution in [0.4, 0.5) is 29.1 Å². The van der Waals surface area contributed by atoms with E-state index in [-0.39, 0.29) is 12.0 Å². The van der Waals surface area contributed by atoms with Gasteiger partial charge in [-0.25, -0.2) is 9.37 Å². The van der Waals surface area contributed by atoms with Gasteiger partial charge in [0.15, 0.2) is 0 Å². The third-order valence-electron chi connectivity index (χ3n) is 6.46. The molecule has 0 atom stereocenters. The van der Waals surface area contributed by atoms with E-state index in [0.717, 1.165) is 48.1 Å². The van der Waals surface area contributed by atoms with Gasteiger partial charge in [0.05, 0.1) is 16.6 Å². The van der Waals surface area contributed by atoms with Gasteiger partial charge in [-0.2, -0.15) is 13.2 Å². The first-order chi connectivity index (χ1) is 16.6. The van der Waals surface area contributed by atoms with Crippen molar-refractivity contribution in [2.75, 3.05) is 30.9 Å². The Kier molecular flexibility index (Phi) is 7.14. The first kappa shape index (κ1) is 24.8. The van der Waals surface area contributed by atoms with Crippen LogP contribution in [0.25, 0.3) is 10.9 Å². The fourth-order valence-corrected chi connectivity index (χ4v) is 4.53. The smallest absolute Gasteiger partial charge is 0.377 e. The van der Waals surface area contributed by atoms with Gasteiger partial charge in [-0.1, -0.05) is 18.2 Å². The van der Waals surface area contributed by atoms with Gasteiger partial charge in [-0.3, -0.25) is 4.79 Å². The molecule has 0 radical (unpaired) electrons. The minimum atomic E-state index is -4.64.